The van der Waals surface area contributed by atoms with E-state index in [1.54, 1.807) is 6.07 Å². The lowest BCUT2D eigenvalue weighted by Crippen LogP contribution is -2.14. The van der Waals surface area contributed by atoms with Crippen LogP contribution >= 0.6 is 12.6 Å². The molecule has 0 N–H and O–H groups in total. The maximum Gasteiger partial charge on any atom is 0.418 e. The molecule has 0 atom stereocenters. The molecule has 112 valence electrons. The van der Waals surface area contributed by atoms with Crippen molar-refractivity contribution in [2.45, 2.75) is 17.2 Å². The molecule has 0 aliphatic carbocycles. The van der Waals surface area contributed by atoms with Gasteiger partial charge in [-0.25, -0.2) is 0 Å². The van der Waals surface area contributed by atoms with Gasteiger partial charge < -0.3 is 0 Å². The number of benzene rings is 2. The largest absolute Gasteiger partial charge is 0.418 e. The van der Waals surface area contributed by atoms with Crippen LogP contribution in [0.25, 0.3) is 11.1 Å². The van der Waals surface area contributed by atoms with Crippen molar-refractivity contribution in [3.63, 3.8) is 0 Å². The number of hydrogen-bond donors (Lipinski definition) is 1. The molecule has 0 aliphatic rings. The van der Waals surface area contributed by atoms with Crippen LogP contribution in [0, 0.1) is 0 Å². The molecule has 0 saturated carbocycles. The zero-order chi connectivity index (χ0) is 15.8. The van der Waals surface area contributed by atoms with E-state index in [9.17, 15) is 26.3 Å². The van der Waals surface area contributed by atoms with Gasteiger partial charge in [-0.15, -0.1) is 12.6 Å². The third-order valence-electron chi connectivity index (χ3n) is 2.85. The van der Waals surface area contributed by atoms with E-state index in [-0.39, 0.29) is 11.1 Å². The van der Waals surface area contributed by atoms with Gasteiger partial charge in [0.15, 0.2) is 0 Å². The van der Waals surface area contributed by atoms with Gasteiger partial charge in [-0.3, -0.25) is 0 Å². The Labute approximate surface area is 121 Å². The summed E-state index contributed by atoms with van der Waals surface area (Å²) in [6, 6.07) is 8.83. The molecule has 0 unspecified atom stereocenters. The lowest BCUT2D eigenvalue weighted by atomic mass is 9.96. The van der Waals surface area contributed by atoms with Gasteiger partial charge in [0.05, 0.1) is 11.1 Å². The highest BCUT2D eigenvalue weighted by Gasteiger charge is 2.41. The fourth-order valence-corrected chi connectivity index (χ4v) is 2.41. The van der Waals surface area contributed by atoms with Crippen LogP contribution in [0.5, 0.6) is 0 Å². The molecule has 2 aromatic rings. The summed E-state index contributed by atoms with van der Waals surface area (Å²) >= 11 is 3.48. The van der Waals surface area contributed by atoms with Crippen molar-refractivity contribution >= 4 is 12.6 Å². The fraction of sp³-hybridized carbons (Fsp3) is 0.143. The Hall–Kier alpha value is -1.63. The standard InChI is InChI=1S/C14H8F6S/c15-13(16,17)10-7-6-9(8-4-2-1-3-5-8)11(12(10)21)14(18,19)20/h1-7,21H. The van der Waals surface area contributed by atoms with Gasteiger partial charge >= 0.3 is 12.4 Å². The summed E-state index contributed by atoms with van der Waals surface area (Å²) in [7, 11) is 0. The highest BCUT2D eigenvalue weighted by atomic mass is 32.1. The molecule has 21 heavy (non-hydrogen) atoms. The number of rotatable bonds is 1. The summed E-state index contributed by atoms with van der Waals surface area (Å²) in [5.41, 5.74) is -2.94. The SMILES string of the molecule is FC(F)(F)c1ccc(-c2ccccc2)c(C(F)(F)F)c1S. The van der Waals surface area contributed by atoms with Crippen molar-refractivity contribution in [2.24, 2.45) is 0 Å². The smallest absolute Gasteiger partial charge is 0.166 e. The van der Waals surface area contributed by atoms with Crippen LogP contribution in [0.2, 0.25) is 0 Å². The second kappa shape index (κ2) is 5.29. The predicted molar refractivity (Wildman–Crippen MR) is 69.1 cm³/mol. The third kappa shape index (κ3) is 3.18. The van der Waals surface area contributed by atoms with E-state index in [1.807, 2.05) is 0 Å². The zero-order valence-corrected chi connectivity index (χ0v) is 11.2. The van der Waals surface area contributed by atoms with Crippen molar-refractivity contribution in [2.75, 3.05) is 0 Å². The number of alkyl halides is 6. The highest BCUT2D eigenvalue weighted by Crippen LogP contribution is 2.45. The number of hydrogen-bond acceptors (Lipinski definition) is 1. The van der Waals surface area contributed by atoms with Crippen LogP contribution in [0.3, 0.4) is 0 Å². The first-order valence-corrected chi connectivity index (χ1v) is 6.13. The van der Waals surface area contributed by atoms with Crippen LogP contribution in [-0.4, -0.2) is 0 Å². The summed E-state index contributed by atoms with van der Waals surface area (Å²) < 4.78 is 77.6. The van der Waals surface area contributed by atoms with Gasteiger partial charge in [0.25, 0.3) is 0 Å². The van der Waals surface area contributed by atoms with Gasteiger partial charge in [0.1, 0.15) is 0 Å². The van der Waals surface area contributed by atoms with Crippen molar-refractivity contribution in [3.05, 3.63) is 53.6 Å². The zero-order valence-electron chi connectivity index (χ0n) is 10.3. The molecule has 0 heterocycles. The maximum absolute atomic E-state index is 13.1. The first kappa shape index (κ1) is 15.8. The van der Waals surface area contributed by atoms with Gasteiger partial charge in [0.2, 0.25) is 0 Å². The van der Waals surface area contributed by atoms with Gasteiger partial charge in [0, 0.05) is 4.90 Å². The summed E-state index contributed by atoms with van der Waals surface area (Å²) in [4.78, 5) is -1.11. The highest BCUT2D eigenvalue weighted by molar-refractivity contribution is 7.80. The molecule has 0 saturated heterocycles. The molecular weight excluding hydrogens is 314 g/mol. The monoisotopic (exact) mass is 322 g/mol. The average Bonchev–Trinajstić information content (AvgIpc) is 2.36. The van der Waals surface area contributed by atoms with E-state index in [1.165, 1.54) is 24.3 Å². The summed E-state index contributed by atoms with van der Waals surface area (Å²) in [6.45, 7) is 0. The Kier molecular flexibility index (Phi) is 3.97. The minimum atomic E-state index is -4.94. The van der Waals surface area contributed by atoms with Crippen LogP contribution in [0.4, 0.5) is 26.3 Å². The second-order valence-electron chi connectivity index (χ2n) is 4.25. The van der Waals surface area contributed by atoms with Crippen molar-refractivity contribution in [1.82, 2.24) is 0 Å². The molecule has 0 amide bonds. The Morgan fingerprint density at radius 3 is 1.76 bits per heavy atom. The fourth-order valence-electron chi connectivity index (χ4n) is 1.97. The molecule has 0 aromatic heterocycles. The molecule has 2 rings (SSSR count). The molecule has 0 radical (unpaired) electrons. The van der Waals surface area contributed by atoms with Gasteiger partial charge in [-0.2, -0.15) is 26.3 Å². The quantitative estimate of drug-likeness (QED) is 0.507. The molecule has 0 aliphatic heterocycles. The maximum atomic E-state index is 13.1. The molecule has 7 heteroatoms. The average molecular weight is 322 g/mol. The molecular formula is C14H8F6S. The van der Waals surface area contributed by atoms with Gasteiger partial charge in [-0.05, 0) is 17.2 Å². The second-order valence-corrected chi connectivity index (χ2v) is 4.69. The summed E-state index contributed by atoms with van der Waals surface area (Å²) in [5, 5.41) is 0. The lowest BCUT2D eigenvalue weighted by Gasteiger charge is -2.19. The van der Waals surface area contributed by atoms with Crippen LogP contribution < -0.4 is 0 Å². The normalized spacial score (nSPS) is 12.5. The molecule has 0 fully saturated rings. The molecule has 0 spiro atoms. The first-order chi connectivity index (χ1) is 9.62. The van der Waals surface area contributed by atoms with E-state index in [4.69, 9.17) is 0 Å². The van der Waals surface area contributed by atoms with E-state index in [0.29, 0.717) is 6.07 Å². The Balaban J connectivity index is 2.77. The van der Waals surface area contributed by atoms with Crippen LogP contribution in [0.1, 0.15) is 11.1 Å². The topological polar surface area (TPSA) is 0 Å². The van der Waals surface area contributed by atoms with E-state index in [2.05, 4.69) is 12.6 Å². The summed E-state index contributed by atoms with van der Waals surface area (Å²) in [5.74, 6) is 0. The predicted octanol–water partition coefficient (Wildman–Crippen LogP) is 5.68. The Morgan fingerprint density at radius 1 is 0.714 bits per heavy atom. The van der Waals surface area contributed by atoms with Gasteiger partial charge in [-0.1, -0.05) is 36.4 Å². The van der Waals surface area contributed by atoms with Crippen LogP contribution in [-0.2, 0) is 12.4 Å². The Morgan fingerprint density at radius 2 is 1.29 bits per heavy atom. The van der Waals surface area contributed by atoms with E-state index < -0.39 is 28.4 Å². The number of halogens is 6. The minimum absolute atomic E-state index is 0.175. The number of thiol groups is 1. The third-order valence-corrected chi connectivity index (χ3v) is 3.32. The van der Waals surface area contributed by atoms with Crippen LogP contribution in [0.15, 0.2) is 47.4 Å². The van der Waals surface area contributed by atoms with Crippen molar-refractivity contribution < 1.29 is 26.3 Å². The Bertz CT molecular complexity index is 643. The van der Waals surface area contributed by atoms with E-state index >= 15 is 0 Å². The first-order valence-electron chi connectivity index (χ1n) is 5.68. The summed E-state index contributed by atoms with van der Waals surface area (Å²) in [6.07, 6.45) is -9.84. The molecule has 2 aromatic carbocycles. The lowest BCUT2D eigenvalue weighted by molar-refractivity contribution is -0.146. The van der Waals surface area contributed by atoms with E-state index in [0.717, 1.165) is 6.07 Å². The van der Waals surface area contributed by atoms with Crippen molar-refractivity contribution in [3.8, 4) is 11.1 Å². The van der Waals surface area contributed by atoms with Crippen molar-refractivity contribution in [1.29, 1.82) is 0 Å². The molecule has 0 bridgehead atoms. The molecule has 0 nitrogen and oxygen atoms in total. The minimum Gasteiger partial charge on any atom is -0.166 e.